The number of aryl methyl sites for hydroxylation is 1. The zero-order valence-corrected chi connectivity index (χ0v) is 9.48. The average molecular weight is 234 g/mol. The minimum absolute atomic E-state index is 0.0986. The summed E-state index contributed by atoms with van der Waals surface area (Å²) in [4.78, 5) is 4.21. The summed E-state index contributed by atoms with van der Waals surface area (Å²) in [7, 11) is -3.18. The predicted molar refractivity (Wildman–Crippen MR) is 56.4 cm³/mol. The molecule has 3 nitrogen and oxygen atoms in total. The molecule has 0 saturated carbocycles. The molecule has 0 unspecified atom stereocenters. The molecule has 0 amide bonds. The first-order chi connectivity index (χ1) is 6.58. The van der Waals surface area contributed by atoms with Gasteiger partial charge in [0.1, 0.15) is 0 Å². The van der Waals surface area contributed by atoms with Gasteiger partial charge in [0.2, 0.25) is 0 Å². The molecule has 0 atom stereocenters. The number of nitrogens with zero attached hydrogens (tertiary/aromatic N) is 1. The maximum Gasteiger partial charge on any atom is 0.178 e. The number of hydrogen-bond donors (Lipinski definition) is 0. The van der Waals surface area contributed by atoms with Gasteiger partial charge in [-0.2, -0.15) is 0 Å². The molecular formula is C9H12ClNO2S. The number of alkyl halides is 1. The van der Waals surface area contributed by atoms with Crippen LogP contribution in [0.5, 0.6) is 0 Å². The molecule has 1 heterocycles. The lowest BCUT2D eigenvalue weighted by Gasteiger charge is -2.05. The summed E-state index contributed by atoms with van der Waals surface area (Å²) in [5.41, 5.74) is 0.682. The molecule has 1 rings (SSSR count). The number of hydrogen-bond acceptors (Lipinski definition) is 3. The topological polar surface area (TPSA) is 47.0 Å². The van der Waals surface area contributed by atoms with E-state index in [1.165, 1.54) is 12.3 Å². The van der Waals surface area contributed by atoms with Gasteiger partial charge in [-0.3, -0.25) is 4.98 Å². The fourth-order valence-electron chi connectivity index (χ4n) is 1.16. The third kappa shape index (κ3) is 2.69. The Morgan fingerprint density at radius 2 is 2.21 bits per heavy atom. The van der Waals surface area contributed by atoms with Crippen molar-refractivity contribution >= 4 is 21.4 Å². The highest BCUT2D eigenvalue weighted by molar-refractivity contribution is 7.91. The Morgan fingerprint density at radius 3 is 2.79 bits per heavy atom. The first-order valence-electron chi connectivity index (χ1n) is 4.27. The third-order valence-electron chi connectivity index (χ3n) is 1.85. The second-order valence-electron chi connectivity index (χ2n) is 3.00. The largest absolute Gasteiger partial charge is 0.264 e. The number of halogens is 1. The van der Waals surface area contributed by atoms with Crippen molar-refractivity contribution in [3.63, 3.8) is 0 Å². The third-order valence-corrected chi connectivity index (χ3v) is 4.07. The molecule has 0 radical (unpaired) electrons. The lowest BCUT2D eigenvalue weighted by molar-refractivity contribution is 0.594. The summed E-state index contributed by atoms with van der Waals surface area (Å²) in [6.45, 7) is 1.74. The highest BCUT2D eigenvalue weighted by Crippen LogP contribution is 2.15. The molecule has 0 aromatic carbocycles. The van der Waals surface area contributed by atoms with Crippen molar-refractivity contribution in [2.45, 2.75) is 18.2 Å². The molecule has 0 bridgehead atoms. The van der Waals surface area contributed by atoms with Crippen LogP contribution in [-0.2, 0) is 9.84 Å². The molecule has 1 aromatic rings. The lowest BCUT2D eigenvalue weighted by Crippen LogP contribution is -2.09. The molecular weight excluding hydrogens is 222 g/mol. The van der Waals surface area contributed by atoms with Crippen LogP contribution < -0.4 is 0 Å². The minimum atomic E-state index is -3.18. The van der Waals surface area contributed by atoms with E-state index in [9.17, 15) is 8.42 Å². The van der Waals surface area contributed by atoms with E-state index in [1.807, 2.05) is 0 Å². The predicted octanol–water partition coefficient (Wildman–Crippen LogP) is 1.79. The Labute approximate surface area is 89.0 Å². The van der Waals surface area contributed by atoms with Crippen molar-refractivity contribution in [1.82, 2.24) is 4.98 Å². The van der Waals surface area contributed by atoms with Crippen molar-refractivity contribution in [3.8, 4) is 0 Å². The Hall–Kier alpha value is -0.610. The van der Waals surface area contributed by atoms with E-state index in [4.69, 9.17) is 11.6 Å². The molecule has 0 N–H and O–H groups in total. The van der Waals surface area contributed by atoms with Crippen molar-refractivity contribution in [2.75, 3.05) is 11.6 Å². The fourth-order valence-corrected chi connectivity index (χ4v) is 3.01. The van der Waals surface area contributed by atoms with Gasteiger partial charge in [0.25, 0.3) is 0 Å². The summed E-state index contributed by atoms with van der Waals surface area (Å²) < 4.78 is 23.5. The number of sulfone groups is 1. The highest BCUT2D eigenvalue weighted by atomic mass is 35.5. The molecule has 1 aromatic heterocycles. The van der Waals surface area contributed by atoms with Crippen LogP contribution in [0.1, 0.15) is 12.0 Å². The Balaban J connectivity index is 2.99. The summed E-state index contributed by atoms with van der Waals surface area (Å²) in [5.74, 6) is 0.463. The summed E-state index contributed by atoms with van der Waals surface area (Å²) in [6, 6.07) is 1.53. The van der Waals surface area contributed by atoms with Crippen molar-refractivity contribution in [3.05, 3.63) is 24.0 Å². The van der Waals surface area contributed by atoms with Crippen LogP contribution in [0.25, 0.3) is 0 Å². The average Bonchev–Trinajstić information content (AvgIpc) is 2.15. The second kappa shape index (κ2) is 4.75. The van der Waals surface area contributed by atoms with Crippen LogP contribution in [0.2, 0.25) is 0 Å². The normalized spacial score (nSPS) is 11.6. The first-order valence-corrected chi connectivity index (χ1v) is 6.46. The molecule has 5 heteroatoms. The van der Waals surface area contributed by atoms with E-state index in [0.717, 1.165) is 0 Å². The molecule has 0 fully saturated rings. The van der Waals surface area contributed by atoms with Crippen LogP contribution in [0, 0.1) is 6.92 Å². The van der Waals surface area contributed by atoms with Gasteiger partial charge in [0.05, 0.1) is 10.6 Å². The Kier molecular flexibility index (Phi) is 3.89. The van der Waals surface area contributed by atoms with E-state index < -0.39 is 9.84 Å². The molecule has 0 aliphatic carbocycles. The van der Waals surface area contributed by atoms with Crippen molar-refractivity contribution in [2.24, 2.45) is 0 Å². The van der Waals surface area contributed by atoms with Gasteiger partial charge in [0, 0.05) is 18.3 Å². The van der Waals surface area contributed by atoms with E-state index in [-0.39, 0.29) is 5.75 Å². The van der Waals surface area contributed by atoms with E-state index in [1.54, 1.807) is 13.1 Å². The molecule has 0 spiro atoms. The standard InChI is InChI=1S/C9H12ClNO2S/c1-8-7-11-5-3-9(8)14(12,13)6-2-4-10/h3,5,7H,2,4,6H2,1H3. The van der Waals surface area contributed by atoms with Gasteiger partial charge in [0.15, 0.2) is 9.84 Å². The number of aromatic nitrogens is 1. The van der Waals surface area contributed by atoms with Crippen molar-refractivity contribution in [1.29, 1.82) is 0 Å². The van der Waals surface area contributed by atoms with E-state index in [2.05, 4.69) is 4.98 Å². The maximum absolute atomic E-state index is 11.7. The Bertz CT molecular complexity index is 403. The van der Waals surface area contributed by atoms with Gasteiger partial charge in [-0.05, 0) is 25.0 Å². The number of pyridine rings is 1. The first kappa shape index (κ1) is 11.5. The van der Waals surface area contributed by atoms with Crippen LogP contribution >= 0.6 is 11.6 Å². The fraction of sp³-hybridized carbons (Fsp3) is 0.444. The number of rotatable bonds is 4. The maximum atomic E-state index is 11.7. The smallest absolute Gasteiger partial charge is 0.178 e. The van der Waals surface area contributed by atoms with Gasteiger partial charge < -0.3 is 0 Å². The van der Waals surface area contributed by atoms with E-state index in [0.29, 0.717) is 22.8 Å². The van der Waals surface area contributed by atoms with Gasteiger partial charge in [-0.1, -0.05) is 0 Å². The van der Waals surface area contributed by atoms with Gasteiger partial charge >= 0.3 is 0 Å². The summed E-state index contributed by atoms with van der Waals surface area (Å²) >= 11 is 5.46. The monoisotopic (exact) mass is 233 g/mol. The van der Waals surface area contributed by atoms with Crippen LogP contribution in [0.3, 0.4) is 0 Å². The van der Waals surface area contributed by atoms with Crippen LogP contribution in [0.15, 0.2) is 23.4 Å². The zero-order valence-electron chi connectivity index (χ0n) is 7.90. The minimum Gasteiger partial charge on any atom is -0.264 e. The molecule has 0 aliphatic rings. The Morgan fingerprint density at radius 1 is 1.50 bits per heavy atom. The zero-order chi connectivity index (χ0) is 10.6. The van der Waals surface area contributed by atoms with Crippen LogP contribution in [0.4, 0.5) is 0 Å². The van der Waals surface area contributed by atoms with E-state index >= 15 is 0 Å². The van der Waals surface area contributed by atoms with Gasteiger partial charge in [-0.25, -0.2) is 8.42 Å². The highest BCUT2D eigenvalue weighted by Gasteiger charge is 2.15. The SMILES string of the molecule is Cc1cnccc1S(=O)(=O)CCCCl. The van der Waals surface area contributed by atoms with Crippen LogP contribution in [-0.4, -0.2) is 25.0 Å². The lowest BCUT2D eigenvalue weighted by atomic mass is 10.3. The quantitative estimate of drug-likeness (QED) is 0.745. The van der Waals surface area contributed by atoms with Crippen molar-refractivity contribution < 1.29 is 8.42 Å². The second-order valence-corrected chi connectivity index (χ2v) is 5.46. The summed E-state index contributed by atoms with van der Waals surface area (Å²) in [6.07, 6.45) is 3.51. The molecule has 0 aliphatic heterocycles. The molecule has 14 heavy (non-hydrogen) atoms. The van der Waals surface area contributed by atoms with Gasteiger partial charge in [-0.15, -0.1) is 11.6 Å². The molecule has 78 valence electrons. The molecule has 0 saturated heterocycles. The summed E-state index contributed by atoms with van der Waals surface area (Å²) in [5, 5.41) is 0.